The molecule has 0 spiro atoms. The molecule has 3 aliphatic rings. The van der Waals surface area contributed by atoms with E-state index >= 15 is 0 Å². The molecule has 1 unspecified atom stereocenters. The predicted octanol–water partition coefficient (Wildman–Crippen LogP) is 5.62. The van der Waals surface area contributed by atoms with Crippen molar-refractivity contribution < 1.29 is 19.4 Å². The smallest absolute Gasteiger partial charge is 0.306 e. The highest BCUT2D eigenvalue weighted by atomic mass is 16.5. The number of benzene rings is 2. The highest BCUT2D eigenvalue weighted by Crippen LogP contribution is 2.49. The Kier molecular flexibility index (Phi) is 5.18. The first-order chi connectivity index (χ1) is 14.6. The fourth-order valence-corrected chi connectivity index (χ4v) is 4.63. The van der Waals surface area contributed by atoms with E-state index in [4.69, 9.17) is 9.47 Å². The van der Waals surface area contributed by atoms with Gasteiger partial charge in [-0.1, -0.05) is 31.2 Å². The van der Waals surface area contributed by atoms with Crippen molar-refractivity contribution in [3.05, 3.63) is 59.7 Å². The first kappa shape index (κ1) is 19.5. The van der Waals surface area contributed by atoms with Crippen molar-refractivity contribution in [2.45, 2.75) is 57.0 Å². The molecule has 3 fully saturated rings. The fourth-order valence-electron chi connectivity index (χ4n) is 4.63. The van der Waals surface area contributed by atoms with E-state index in [1.165, 1.54) is 18.4 Å². The summed E-state index contributed by atoms with van der Waals surface area (Å²) in [6.45, 7) is 2.53. The molecule has 4 heteroatoms. The van der Waals surface area contributed by atoms with Crippen LogP contribution in [0.3, 0.4) is 0 Å². The van der Waals surface area contributed by atoms with Gasteiger partial charge in [-0.25, -0.2) is 0 Å². The molecule has 0 amide bonds. The molecule has 0 radical (unpaired) electrons. The number of hydrogen-bond donors (Lipinski definition) is 1. The summed E-state index contributed by atoms with van der Waals surface area (Å²) in [6, 6.07) is 16.6. The first-order valence-electron chi connectivity index (χ1n) is 11.3. The van der Waals surface area contributed by atoms with Crippen LogP contribution in [0, 0.1) is 17.8 Å². The van der Waals surface area contributed by atoms with Gasteiger partial charge < -0.3 is 14.6 Å². The van der Waals surface area contributed by atoms with Crippen LogP contribution >= 0.6 is 0 Å². The summed E-state index contributed by atoms with van der Waals surface area (Å²) in [7, 11) is 0. The zero-order valence-electron chi connectivity index (χ0n) is 17.5. The van der Waals surface area contributed by atoms with Gasteiger partial charge in [0.05, 0.1) is 18.6 Å². The molecule has 4 nitrogen and oxygen atoms in total. The van der Waals surface area contributed by atoms with Crippen LogP contribution < -0.4 is 9.47 Å². The second kappa shape index (κ2) is 7.98. The molecule has 0 aromatic heterocycles. The van der Waals surface area contributed by atoms with E-state index in [9.17, 15) is 9.90 Å². The Morgan fingerprint density at radius 3 is 2.57 bits per heavy atom. The second-order valence-electron chi connectivity index (χ2n) is 9.37. The van der Waals surface area contributed by atoms with E-state index in [0.717, 1.165) is 36.3 Å². The first-order valence-corrected chi connectivity index (χ1v) is 11.3. The third kappa shape index (κ3) is 4.48. The number of carboxylic acids is 1. The van der Waals surface area contributed by atoms with Gasteiger partial charge in [0.2, 0.25) is 0 Å². The minimum atomic E-state index is -0.716. The van der Waals surface area contributed by atoms with Gasteiger partial charge in [-0.2, -0.15) is 0 Å². The number of hydrogen-bond acceptors (Lipinski definition) is 3. The number of ether oxygens (including phenoxy) is 2. The molecule has 2 aromatic carbocycles. The van der Waals surface area contributed by atoms with Crippen LogP contribution in [0.2, 0.25) is 0 Å². The van der Waals surface area contributed by atoms with Gasteiger partial charge in [0, 0.05) is 5.92 Å². The Hall–Kier alpha value is -2.49. The molecular formula is C26H30O4. The third-order valence-corrected chi connectivity index (χ3v) is 6.80. The summed E-state index contributed by atoms with van der Waals surface area (Å²) in [5.41, 5.74) is 2.45. The van der Waals surface area contributed by atoms with Crippen LogP contribution in [0.25, 0.3) is 0 Å². The van der Waals surface area contributed by atoms with Crippen molar-refractivity contribution in [3.8, 4) is 11.5 Å². The lowest BCUT2D eigenvalue weighted by Crippen LogP contribution is -2.20. The van der Waals surface area contributed by atoms with E-state index in [0.29, 0.717) is 30.5 Å². The Bertz CT molecular complexity index is 915. The van der Waals surface area contributed by atoms with Gasteiger partial charge in [-0.05, 0) is 85.3 Å². The molecule has 0 bridgehead atoms. The number of aliphatic carboxylic acids is 1. The van der Waals surface area contributed by atoms with Crippen molar-refractivity contribution in [3.63, 3.8) is 0 Å². The average molecular weight is 407 g/mol. The van der Waals surface area contributed by atoms with Crippen molar-refractivity contribution in [2.24, 2.45) is 17.8 Å². The Morgan fingerprint density at radius 2 is 1.83 bits per heavy atom. The van der Waals surface area contributed by atoms with Crippen molar-refractivity contribution in [1.29, 1.82) is 0 Å². The van der Waals surface area contributed by atoms with Crippen LogP contribution in [0.15, 0.2) is 48.5 Å². The summed E-state index contributed by atoms with van der Waals surface area (Å²) >= 11 is 0. The highest BCUT2D eigenvalue weighted by molar-refractivity contribution is 5.71. The Morgan fingerprint density at radius 1 is 1.07 bits per heavy atom. The van der Waals surface area contributed by atoms with Gasteiger partial charge in [-0.3, -0.25) is 4.79 Å². The zero-order valence-corrected chi connectivity index (χ0v) is 17.5. The quantitative estimate of drug-likeness (QED) is 0.556. The fraction of sp³-hybridized carbons (Fsp3) is 0.500. The lowest BCUT2D eigenvalue weighted by molar-refractivity contribution is -0.142. The molecule has 3 saturated carbocycles. The molecule has 5 rings (SSSR count). The topological polar surface area (TPSA) is 55.8 Å². The summed E-state index contributed by atoms with van der Waals surface area (Å²) in [6.07, 6.45) is 6.18. The van der Waals surface area contributed by atoms with Crippen LogP contribution in [0.5, 0.6) is 11.5 Å². The maximum Gasteiger partial charge on any atom is 0.306 e. The molecule has 0 aliphatic heterocycles. The Labute approximate surface area is 178 Å². The van der Waals surface area contributed by atoms with Crippen molar-refractivity contribution >= 4 is 5.97 Å². The van der Waals surface area contributed by atoms with E-state index in [2.05, 4.69) is 36.4 Å². The van der Waals surface area contributed by atoms with Gasteiger partial charge in [-0.15, -0.1) is 0 Å². The van der Waals surface area contributed by atoms with E-state index in [1.54, 1.807) is 0 Å². The lowest BCUT2D eigenvalue weighted by Gasteiger charge is -2.21. The zero-order chi connectivity index (χ0) is 20.7. The van der Waals surface area contributed by atoms with Gasteiger partial charge >= 0.3 is 5.97 Å². The van der Waals surface area contributed by atoms with Gasteiger partial charge in [0.15, 0.2) is 0 Å². The summed E-state index contributed by atoms with van der Waals surface area (Å²) in [4.78, 5) is 11.6. The molecule has 0 heterocycles. The van der Waals surface area contributed by atoms with Crippen LogP contribution in [-0.2, 0) is 4.79 Å². The summed E-state index contributed by atoms with van der Waals surface area (Å²) < 4.78 is 12.1. The molecule has 2 aromatic rings. The number of carbonyl (C=O) groups is 1. The molecule has 3 aliphatic carbocycles. The molecule has 158 valence electrons. The minimum absolute atomic E-state index is 0.0777. The minimum Gasteiger partial charge on any atom is -0.493 e. The van der Waals surface area contributed by atoms with Crippen LogP contribution in [0.4, 0.5) is 0 Å². The summed E-state index contributed by atoms with van der Waals surface area (Å²) in [5.74, 6) is 2.40. The monoisotopic (exact) mass is 406 g/mol. The Balaban J connectivity index is 1.19. The third-order valence-electron chi connectivity index (χ3n) is 6.80. The molecule has 0 saturated heterocycles. The van der Waals surface area contributed by atoms with Gasteiger partial charge in [0.1, 0.15) is 11.5 Å². The molecule has 1 N–H and O–H groups in total. The highest BCUT2D eigenvalue weighted by Gasteiger charge is 2.40. The van der Waals surface area contributed by atoms with Gasteiger partial charge in [0.25, 0.3) is 0 Å². The SMILES string of the molecule is C[C@H](C(=O)O)C(c1cccc(OC[C@H]2C[C@@H]2c2cccc(OC3CC3)c2)c1)C1CC1. The number of carboxylic acid groups (broad SMARTS) is 1. The van der Waals surface area contributed by atoms with Crippen LogP contribution in [0.1, 0.15) is 62.0 Å². The van der Waals surface area contributed by atoms with Crippen LogP contribution in [-0.4, -0.2) is 23.8 Å². The van der Waals surface area contributed by atoms with Crippen molar-refractivity contribution in [2.75, 3.05) is 6.61 Å². The average Bonchev–Trinajstić information content (AvgIpc) is 3.59. The second-order valence-corrected chi connectivity index (χ2v) is 9.37. The summed E-state index contributed by atoms with van der Waals surface area (Å²) in [5, 5.41) is 9.51. The maximum absolute atomic E-state index is 11.6. The molecule has 30 heavy (non-hydrogen) atoms. The van der Waals surface area contributed by atoms with E-state index in [1.807, 2.05) is 19.1 Å². The normalized spacial score (nSPS) is 24.7. The van der Waals surface area contributed by atoms with E-state index in [-0.39, 0.29) is 11.8 Å². The predicted molar refractivity (Wildman–Crippen MR) is 115 cm³/mol. The largest absolute Gasteiger partial charge is 0.493 e. The lowest BCUT2D eigenvalue weighted by atomic mass is 9.83. The maximum atomic E-state index is 11.6. The van der Waals surface area contributed by atoms with E-state index < -0.39 is 5.97 Å². The molecular weight excluding hydrogens is 376 g/mol. The standard InChI is InChI=1S/C26H30O4/c1-16(26(27)28)25(17-8-9-17)19-5-3-6-22(13-19)29-15-20-14-24(20)18-4-2-7-23(12-18)30-21-10-11-21/h2-7,12-13,16-17,20-21,24-25H,8-11,14-15H2,1H3,(H,27,28)/t16-,20+,24+,25?/m0/s1. The molecule has 4 atom stereocenters. The number of rotatable bonds is 10. The van der Waals surface area contributed by atoms with Crippen molar-refractivity contribution in [1.82, 2.24) is 0 Å².